The summed E-state index contributed by atoms with van der Waals surface area (Å²) in [5.74, 6) is -0.0932. The Hall–Kier alpha value is -1.30. The number of anilines is 1. The fourth-order valence-electron chi connectivity index (χ4n) is 1.96. The van der Waals surface area contributed by atoms with Crippen LogP contribution >= 0.6 is 22.9 Å². The maximum absolute atomic E-state index is 12.5. The van der Waals surface area contributed by atoms with Gasteiger partial charge in [-0.15, -0.1) is 11.3 Å². The molecule has 0 aliphatic heterocycles. The van der Waals surface area contributed by atoms with Gasteiger partial charge in [0.15, 0.2) is 0 Å². The largest absolute Gasteiger partial charge is 0.397 e. The Morgan fingerprint density at radius 1 is 1.55 bits per heavy atom. The van der Waals surface area contributed by atoms with Crippen LogP contribution in [0.15, 0.2) is 18.2 Å². The molecule has 0 aliphatic carbocycles. The summed E-state index contributed by atoms with van der Waals surface area (Å²) >= 11 is 7.36. The third kappa shape index (κ3) is 2.75. The van der Waals surface area contributed by atoms with Gasteiger partial charge in [-0.1, -0.05) is 11.6 Å². The second-order valence-electron chi connectivity index (χ2n) is 4.71. The standard InChI is InChI=1S/C14H17ClN2O2S/c1-8(7-19-3)17(2)14(18)13-12(16)10-6-9(15)4-5-11(10)20-13/h4-6,8H,7,16H2,1-3H3. The summed E-state index contributed by atoms with van der Waals surface area (Å²) in [5, 5.41) is 1.45. The Labute approximate surface area is 127 Å². The van der Waals surface area contributed by atoms with Crippen molar-refractivity contribution in [2.45, 2.75) is 13.0 Å². The third-order valence-electron chi connectivity index (χ3n) is 3.27. The van der Waals surface area contributed by atoms with Crippen LogP contribution < -0.4 is 5.73 Å². The minimum atomic E-state index is -0.0932. The first-order valence-electron chi connectivity index (χ1n) is 6.19. The first-order valence-corrected chi connectivity index (χ1v) is 7.38. The number of likely N-dealkylation sites (N-methyl/N-ethyl adjacent to an activating group) is 1. The average molecular weight is 313 g/mol. The van der Waals surface area contributed by atoms with Crippen LogP contribution in [0.1, 0.15) is 16.6 Å². The van der Waals surface area contributed by atoms with E-state index >= 15 is 0 Å². The molecular formula is C14H17ClN2O2S. The lowest BCUT2D eigenvalue weighted by Crippen LogP contribution is -2.37. The number of halogens is 1. The lowest BCUT2D eigenvalue weighted by atomic mass is 10.2. The summed E-state index contributed by atoms with van der Waals surface area (Å²) < 4.78 is 6.04. The summed E-state index contributed by atoms with van der Waals surface area (Å²) in [6.45, 7) is 2.42. The van der Waals surface area contributed by atoms with Gasteiger partial charge >= 0.3 is 0 Å². The van der Waals surface area contributed by atoms with Gasteiger partial charge in [0.25, 0.3) is 5.91 Å². The van der Waals surface area contributed by atoms with E-state index in [1.807, 2.05) is 13.0 Å². The average Bonchev–Trinajstić information content (AvgIpc) is 2.74. The minimum Gasteiger partial charge on any atom is -0.397 e. The molecule has 1 unspecified atom stereocenters. The molecule has 1 atom stereocenters. The molecule has 2 rings (SSSR count). The highest BCUT2D eigenvalue weighted by atomic mass is 35.5. The lowest BCUT2D eigenvalue weighted by molar-refractivity contribution is 0.0639. The normalized spacial score (nSPS) is 12.6. The Morgan fingerprint density at radius 3 is 2.90 bits per heavy atom. The van der Waals surface area contributed by atoms with Crippen molar-refractivity contribution < 1.29 is 9.53 Å². The van der Waals surface area contributed by atoms with Crippen LogP contribution in [-0.2, 0) is 4.74 Å². The van der Waals surface area contributed by atoms with Crippen molar-refractivity contribution in [1.29, 1.82) is 0 Å². The van der Waals surface area contributed by atoms with Gasteiger partial charge in [0.2, 0.25) is 0 Å². The molecule has 0 saturated heterocycles. The van der Waals surface area contributed by atoms with E-state index in [4.69, 9.17) is 22.1 Å². The van der Waals surface area contributed by atoms with Gasteiger partial charge in [0.05, 0.1) is 18.3 Å². The monoisotopic (exact) mass is 312 g/mol. The number of carbonyl (C=O) groups excluding carboxylic acids is 1. The Morgan fingerprint density at radius 2 is 2.25 bits per heavy atom. The molecule has 1 aromatic carbocycles. The molecule has 108 valence electrons. The van der Waals surface area contributed by atoms with Crippen molar-refractivity contribution in [2.24, 2.45) is 0 Å². The second-order valence-corrected chi connectivity index (χ2v) is 6.19. The number of fused-ring (bicyclic) bond motifs is 1. The number of methoxy groups -OCH3 is 1. The molecule has 4 nitrogen and oxygen atoms in total. The molecular weight excluding hydrogens is 296 g/mol. The van der Waals surface area contributed by atoms with Gasteiger partial charge in [0, 0.05) is 29.3 Å². The molecule has 0 bridgehead atoms. The number of hydrogen-bond acceptors (Lipinski definition) is 4. The number of amides is 1. The number of rotatable bonds is 4. The van der Waals surface area contributed by atoms with E-state index < -0.39 is 0 Å². The van der Waals surface area contributed by atoms with E-state index in [-0.39, 0.29) is 11.9 Å². The SMILES string of the molecule is COCC(C)N(C)C(=O)c1sc2ccc(Cl)cc2c1N. The summed E-state index contributed by atoms with van der Waals surface area (Å²) in [6.07, 6.45) is 0. The minimum absolute atomic E-state index is 0.0132. The number of nitrogens with zero attached hydrogens (tertiary/aromatic N) is 1. The van der Waals surface area contributed by atoms with E-state index in [0.29, 0.717) is 22.2 Å². The maximum Gasteiger partial charge on any atom is 0.266 e. The van der Waals surface area contributed by atoms with Crippen LogP contribution in [0.25, 0.3) is 10.1 Å². The number of hydrogen-bond donors (Lipinski definition) is 1. The highest BCUT2D eigenvalue weighted by molar-refractivity contribution is 7.21. The molecule has 1 aromatic heterocycles. The Kier molecular flexibility index (Phi) is 4.52. The number of ether oxygens (including phenoxy) is 1. The highest BCUT2D eigenvalue weighted by Crippen LogP contribution is 2.36. The van der Waals surface area contributed by atoms with Crippen molar-refractivity contribution in [2.75, 3.05) is 26.5 Å². The van der Waals surface area contributed by atoms with E-state index in [0.717, 1.165) is 10.1 Å². The molecule has 2 N–H and O–H groups in total. The first kappa shape index (κ1) is 15.1. The zero-order chi connectivity index (χ0) is 14.9. The molecule has 0 aliphatic rings. The Bertz CT molecular complexity index is 641. The quantitative estimate of drug-likeness (QED) is 0.943. The van der Waals surface area contributed by atoms with Gasteiger partial charge in [0.1, 0.15) is 4.88 Å². The van der Waals surface area contributed by atoms with Gasteiger partial charge in [-0.25, -0.2) is 0 Å². The Balaban J connectivity index is 2.37. The van der Waals surface area contributed by atoms with Crippen molar-refractivity contribution in [3.63, 3.8) is 0 Å². The lowest BCUT2D eigenvalue weighted by Gasteiger charge is -2.23. The van der Waals surface area contributed by atoms with Crippen LogP contribution in [0, 0.1) is 0 Å². The molecule has 0 saturated carbocycles. The molecule has 1 amide bonds. The molecule has 0 fully saturated rings. The van der Waals surface area contributed by atoms with E-state index in [1.165, 1.54) is 11.3 Å². The van der Waals surface area contributed by atoms with Crippen molar-refractivity contribution in [1.82, 2.24) is 4.90 Å². The van der Waals surface area contributed by atoms with Crippen molar-refractivity contribution >= 4 is 44.6 Å². The molecule has 1 heterocycles. The fraction of sp³-hybridized carbons (Fsp3) is 0.357. The summed E-state index contributed by atoms with van der Waals surface area (Å²) in [5.41, 5.74) is 6.59. The summed E-state index contributed by atoms with van der Waals surface area (Å²) in [4.78, 5) is 14.7. The molecule has 6 heteroatoms. The first-order chi connectivity index (χ1) is 9.45. The van der Waals surface area contributed by atoms with Gasteiger partial charge in [-0.3, -0.25) is 4.79 Å². The van der Waals surface area contributed by atoms with Crippen molar-refractivity contribution in [3.8, 4) is 0 Å². The highest BCUT2D eigenvalue weighted by Gasteiger charge is 2.22. The number of carbonyl (C=O) groups is 1. The number of nitrogen functional groups attached to an aromatic ring is 1. The summed E-state index contributed by atoms with van der Waals surface area (Å²) in [6, 6.07) is 5.46. The topological polar surface area (TPSA) is 55.6 Å². The predicted molar refractivity (Wildman–Crippen MR) is 84.7 cm³/mol. The number of thiophene rings is 1. The number of nitrogens with two attached hydrogens (primary N) is 1. The fourth-order valence-corrected chi connectivity index (χ4v) is 3.22. The van der Waals surface area contributed by atoms with Crippen LogP contribution in [0.2, 0.25) is 5.02 Å². The smallest absolute Gasteiger partial charge is 0.266 e. The van der Waals surface area contributed by atoms with E-state index in [1.54, 1.807) is 31.2 Å². The zero-order valence-electron chi connectivity index (χ0n) is 11.6. The predicted octanol–water partition coefficient (Wildman–Crippen LogP) is 3.24. The van der Waals surface area contributed by atoms with Crippen LogP contribution in [0.4, 0.5) is 5.69 Å². The molecule has 20 heavy (non-hydrogen) atoms. The molecule has 0 spiro atoms. The van der Waals surface area contributed by atoms with E-state index in [9.17, 15) is 4.79 Å². The summed E-state index contributed by atoms with van der Waals surface area (Å²) in [7, 11) is 3.37. The van der Waals surface area contributed by atoms with Crippen LogP contribution in [-0.4, -0.2) is 37.6 Å². The second kappa shape index (κ2) is 5.99. The van der Waals surface area contributed by atoms with Crippen LogP contribution in [0.3, 0.4) is 0 Å². The molecule has 0 radical (unpaired) electrons. The maximum atomic E-state index is 12.5. The number of benzene rings is 1. The van der Waals surface area contributed by atoms with Gasteiger partial charge in [-0.2, -0.15) is 0 Å². The third-order valence-corrected chi connectivity index (χ3v) is 4.68. The van der Waals surface area contributed by atoms with E-state index in [2.05, 4.69) is 0 Å². The van der Waals surface area contributed by atoms with Gasteiger partial charge in [-0.05, 0) is 25.1 Å². The van der Waals surface area contributed by atoms with Crippen LogP contribution in [0.5, 0.6) is 0 Å². The van der Waals surface area contributed by atoms with Crippen molar-refractivity contribution in [3.05, 3.63) is 28.1 Å². The molecule has 2 aromatic rings. The zero-order valence-corrected chi connectivity index (χ0v) is 13.2. The van der Waals surface area contributed by atoms with Gasteiger partial charge < -0.3 is 15.4 Å².